The van der Waals surface area contributed by atoms with Crippen LogP contribution in [-0.4, -0.2) is 19.6 Å². The van der Waals surface area contributed by atoms with Gasteiger partial charge in [0.1, 0.15) is 18.0 Å². The molecule has 5 nitrogen and oxygen atoms in total. The van der Waals surface area contributed by atoms with Crippen molar-refractivity contribution in [1.82, 2.24) is 5.32 Å². The number of hydrogen-bond acceptors (Lipinski definition) is 3. The molecule has 0 saturated heterocycles. The summed E-state index contributed by atoms with van der Waals surface area (Å²) in [7, 11) is 1.64. The van der Waals surface area contributed by atoms with Gasteiger partial charge in [-0.3, -0.25) is 4.79 Å². The fourth-order valence-corrected chi connectivity index (χ4v) is 4.05. The van der Waals surface area contributed by atoms with E-state index in [1.54, 1.807) is 7.11 Å². The summed E-state index contributed by atoms with van der Waals surface area (Å²) in [5.74, 6) is 1.47. The van der Waals surface area contributed by atoms with Crippen LogP contribution < -0.4 is 43.3 Å². The number of aromatic nitrogens is 1. The first-order valence-electron chi connectivity index (χ1n) is 13.2. The van der Waals surface area contributed by atoms with Gasteiger partial charge in [-0.05, 0) is 25.5 Å². The van der Waals surface area contributed by atoms with Gasteiger partial charge in [0.05, 0.1) is 20.1 Å². The first-order valence-corrected chi connectivity index (χ1v) is 13.2. The molecule has 35 heavy (non-hydrogen) atoms. The molecule has 1 N–H and O–H groups in total. The number of ether oxygens (including phenoxy) is 2. The molecule has 0 aliphatic heterocycles. The molecule has 0 unspecified atom stereocenters. The molecular formula is C29H45IN2O3. The number of nitrogens with zero attached hydrogens (tertiary/aromatic N) is 1. The number of pyridine rings is 1. The van der Waals surface area contributed by atoms with Crippen LogP contribution >= 0.6 is 0 Å². The molecule has 0 aliphatic rings. The highest BCUT2D eigenvalue weighted by atomic mass is 127. The third-order valence-corrected chi connectivity index (χ3v) is 6.15. The van der Waals surface area contributed by atoms with Gasteiger partial charge in [0.25, 0.3) is 0 Å². The molecule has 2 rings (SSSR count). The third kappa shape index (κ3) is 13.2. The molecule has 0 fully saturated rings. The smallest absolute Gasteiger partial charge is 0.224 e. The van der Waals surface area contributed by atoms with Crippen LogP contribution in [0, 0.1) is 0 Å². The van der Waals surface area contributed by atoms with Crippen LogP contribution in [-0.2, 0) is 24.3 Å². The Kier molecular flexibility index (Phi) is 17.3. The Balaban J connectivity index is 0.00000612. The highest BCUT2D eigenvalue weighted by Gasteiger charge is 2.11. The van der Waals surface area contributed by atoms with E-state index in [9.17, 15) is 4.79 Å². The van der Waals surface area contributed by atoms with E-state index in [0.29, 0.717) is 18.9 Å². The zero-order valence-corrected chi connectivity index (χ0v) is 24.1. The van der Waals surface area contributed by atoms with Gasteiger partial charge in [-0.25, -0.2) is 4.57 Å². The van der Waals surface area contributed by atoms with Crippen LogP contribution in [0.3, 0.4) is 0 Å². The number of nitrogens with one attached hydrogen (secondary N) is 1. The van der Waals surface area contributed by atoms with Crippen molar-refractivity contribution in [3.63, 3.8) is 0 Å². The lowest BCUT2D eigenvalue weighted by atomic mass is 10.1. The van der Waals surface area contributed by atoms with Crippen LogP contribution in [0.25, 0.3) is 0 Å². The normalized spacial score (nSPS) is 10.5. The molecule has 1 heterocycles. The van der Waals surface area contributed by atoms with Crippen molar-refractivity contribution >= 4 is 5.91 Å². The molecule has 2 aromatic rings. The predicted octanol–water partition coefficient (Wildman–Crippen LogP) is 3.17. The minimum absolute atomic E-state index is 0. The summed E-state index contributed by atoms with van der Waals surface area (Å²) < 4.78 is 13.5. The van der Waals surface area contributed by atoms with Crippen molar-refractivity contribution in [2.45, 2.75) is 97.6 Å². The molecule has 0 bridgehead atoms. The summed E-state index contributed by atoms with van der Waals surface area (Å²) in [6, 6.07) is 9.78. The summed E-state index contributed by atoms with van der Waals surface area (Å²) in [6.45, 7) is 6.50. The number of methoxy groups -OCH3 is 1. The average Bonchev–Trinajstić information content (AvgIpc) is 2.86. The molecule has 0 atom stereocenters. The van der Waals surface area contributed by atoms with E-state index in [1.165, 1.54) is 57.8 Å². The zero-order chi connectivity index (χ0) is 24.4. The summed E-state index contributed by atoms with van der Waals surface area (Å²) in [5.41, 5.74) is 1.95. The van der Waals surface area contributed by atoms with E-state index < -0.39 is 0 Å². The monoisotopic (exact) mass is 596 g/mol. The zero-order valence-electron chi connectivity index (χ0n) is 22.0. The lowest BCUT2D eigenvalue weighted by molar-refractivity contribution is -0.694. The van der Waals surface area contributed by atoms with E-state index in [2.05, 4.69) is 29.9 Å². The predicted molar refractivity (Wildman–Crippen MR) is 138 cm³/mol. The minimum Gasteiger partial charge on any atom is -1.00 e. The van der Waals surface area contributed by atoms with Crippen molar-refractivity contribution in [1.29, 1.82) is 0 Å². The van der Waals surface area contributed by atoms with Gasteiger partial charge in [-0.15, -0.1) is 0 Å². The standard InChI is InChI=1S/C29H44N2O3.HI/c1-4-6-7-8-9-10-11-12-13-14-20-34-27-18-17-26(28(22-27)33-3)21-29(32)30-23-25-16-15-19-31(5-2)24-25;/h15-19,22,24H,4-14,20-21,23H2,1-3H3;1H. The Hall–Kier alpha value is -1.83. The molecular weight excluding hydrogens is 551 g/mol. The topological polar surface area (TPSA) is 51.4 Å². The van der Waals surface area contributed by atoms with E-state index in [0.717, 1.165) is 29.8 Å². The van der Waals surface area contributed by atoms with E-state index >= 15 is 0 Å². The second-order valence-corrected chi connectivity index (χ2v) is 9.00. The SMILES string of the molecule is CCCCCCCCCCCCOc1ccc(CC(=O)NCc2ccc[n+](CC)c2)c(OC)c1.[I-]. The Morgan fingerprint density at radius 2 is 1.63 bits per heavy atom. The van der Waals surface area contributed by atoms with Crippen LogP contribution in [0.2, 0.25) is 0 Å². The van der Waals surface area contributed by atoms with E-state index in [1.807, 2.05) is 36.5 Å². The number of unbranched alkanes of at least 4 members (excludes halogenated alkanes) is 9. The molecule has 1 aromatic carbocycles. The second-order valence-electron chi connectivity index (χ2n) is 9.00. The van der Waals surface area contributed by atoms with Crippen molar-refractivity contribution in [2.24, 2.45) is 0 Å². The number of carbonyl (C=O) groups is 1. The fraction of sp³-hybridized carbons (Fsp3) is 0.586. The quantitative estimate of drug-likeness (QED) is 0.164. The Bertz CT molecular complexity index is 844. The Morgan fingerprint density at radius 1 is 0.943 bits per heavy atom. The number of halogens is 1. The van der Waals surface area contributed by atoms with Crippen LogP contribution in [0.15, 0.2) is 42.7 Å². The number of aryl methyl sites for hydroxylation is 1. The number of carbonyl (C=O) groups excluding carboxylic acids is 1. The van der Waals surface area contributed by atoms with Crippen LogP contribution in [0.1, 0.15) is 89.2 Å². The minimum atomic E-state index is -0.0239. The first-order chi connectivity index (χ1) is 16.7. The maximum Gasteiger partial charge on any atom is 0.224 e. The maximum atomic E-state index is 12.5. The lowest BCUT2D eigenvalue weighted by Crippen LogP contribution is -3.00. The van der Waals surface area contributed by atoms with Gasteiger partial charge >= 0.3 is 0 Å². The van der Waals surface area contributed by atoms with Crippen molar-refractivity contribution in [2.75, 3.05) is 13.7 Å². The molecule has 196 valence electrons. The number of amides is 1. The molecule has 6 heteroatoms. The largest absolute Gasteiger partial charge is 1.00 e. The summed E-state index contributed by atoms with van der Waals surface area (Å²) >= 11 is 0. The van der Waals surface area contributed by atoms with Crippen molar-refractivity contribution < 1.29 is 42.8 Å². The van der Waals surface area contributed by atoms with Crippen molar-refractivity contribution in [3.8, 4) is 11.5 Å². The van der Waals surface area contributed by atoms with Gasteiger partial charge in [0, 0.05) is 29.8 Å². The Morgan fingerprint density at radius 3 is 2.29 bits per heavy atom. The highest BCUT2D eigenvalue weighted by Crippen LogP contribution is 2.25. The second kappa shape index (κ2) is 19.4. The number of benzene rings is 1. The van der Waals surface area contributed by atoms with Crippen LogP contribution in [0.4, 0.5) is 0 Å². The third-order valence-electron chi connectivity index (χ3n) is 6.15. The van der Waals surface area contributed by atoms with Crippen LogP contribution in [0.5, 0.6) is 11.5 Å². The van der Waals surface area contributed by atoms with Gasteiger partial charge in [0.2, 0.25) is 5.91 Å². The van der Waals surface area contributed by atoms with Gasteiger partial charge in [0.15, 0.2) is 12.4 Å². The summed E-state index contributed by atoms with van der Waals surface area (Å²) in [4.78, 5) is 12.5. The molecule has 0 radical (unpaired) electrons. The van der Waals surface area contributed by atoms with Gasteiger partial charge < -0.3 is 38.8 Å². The molecule has 0 saturated carbocycles. The molecule has 0 spiro atoms. The van der Waals surface area contributed by atoms with Gasteiger partial charge in [-0.2, -0.15) is 0 Å². The van der Waals surface area contributed by atoms with E-state index in [-0.39, 0.29) is 36.3 Å². The fourth-order valence-electron chi connectivity index (χ4n) is 4.05. The molecule has 1 amide bonds. The van der Waals surface area contributed by atoms with Gasteiger partial charge in [-0.1, -0.05) is 70.8 Å². The van der Waals surface area contributed by atoms with Crippen molar-refractivity contribution in [3.05, 3.63) is 53.9 Å². The summed E-state index contributed by atoms with van der Waals surface area (Å²) in [6.07, 6.45) is 17.5. The molecule has 0 aliphatic carbocycles. The Labute approximate surface area is 230 Å². The van der Waals surface area contributed by atoms with E-state index in [4.69, 9.17) is 9.47 Å². The molecule has 1 aromatic heterocycles. The average molecular weight is 597 g/mol. The first kappa shape index (κ1) is 31.2. The lowest BCUT2D eigenvalue weighted by Gasteiger charge is -2.12. The maximum absolute atomic E-state index is 12.5. The highest BCUT2D eigenvalue weighted by molar-refractivity contribution is 5.79. The number of hydrogen-bond donors (Lipinski definition) is 1. The number of rotatable bonds is 18. The summed E-state index contributed by atoms with van der Waals surface area (Å²) in [5, 5.41) is 3.00.